The average Bonchev–Trinajstić information content (AvgIpc) is 2.51. The van der Waals surface area contributed by atoms with E-state index in [2.05, 4.69) is 29.7 Å². The molecular weight excluding hydrogens is 263 g/mol. The van der Waals surface area contributed by atoms with Crippen LogP contribution in [0.4, 0.5) is 4.39 Å². The van der Waals surface area contributed by atoms with Crippen LogP contribution in [-0.2, 0) is 12.8 Å². The van der Waals surface area contributed by atoms with Gasteiger partial charge < -0.3 is 0 Å². The lowest BCUT2D eigenvalue weighted by Gasteiger charge is -2.31. The zero-order chi connectivity index (χ0) is 14.8. The molecule has 2 atom stereocenters. The van der Waals surface area contributed by atoms with Gasteiger partial charge in [-0.25, -0.2) is 4.39 Å². The summed E-state index contributed by atoms with van der Waals surface area (Å²) in [6, 6.07) is 13.6. The average molecular weight is 284 g/mol. The number of nitrogens with one attached hydrogen (secondary N) is 1. The minimum Gasteiger partial charge on any atom is -0.271 e. The van der Waals surface area contributed by atoms with E-state index in [4.69, 9.17) is 5.84 Å². The highest BCUT2D eigenvalue weighted by atomic mass is 19.1. The van der Waals surface area contributed by atoms with Crippen molar-refractivity contribution in [1.29, 1.82) is 0 Å². The lowest BCUT2D eigenvalue weighted by molar-refractivity contribution is 0.321. The maximum absolute atomic E-state index is 14.2. The predicted molar refractivity (Wildman–Crippen MR) is 83.2 cm³/mol. The van der Waals surface area contributed by atoms with Crippen molar-refractivity contribution >= 4 is 0 Å². The van der Waals surface area contributed by atoms with Crippen LogP contribution in [0.25, 0.3) is 0 Å². The van der Waals surface area contributed by atoms with Crippen LogP contribution in [0.2, 0.25) is 0 Å². The molecule has 0 bridgehead atoms. The highest BCUT2D eigenvalue weighted by Crippen LogP contribution is 2.35. The van der Waals surface area contributed by atoms with Crippen LogP contribution in [0.15, 0.2) is 42.5 Å². The number of nitrogens with two attached hydrogens (primary N) is 1. The summed E-state index contributed by atoms with van der Waals surface area (Å²) in [4.78, 5) is 0. The molecule has 0 saturated heterocycles. The lowest BCUT2D eigenvalue weighted by atomic mass is 9.78. The van der Waals surface area contributed by atoms with Gasteiger partial charge in [-0.3, -0.25) is 11.3 Å². The molecule has 0 heterocycles. The second-order valence-electron chi connectivity index (χ2n) is 5.94. The van der Waals surface area contributed by atoms with Crippen LogP contribution in [0.1, 0.15) is 34.7 Å². The third-order valence-corrected chi connectivity index (χ3v) is 4.52. The first-order valence-corrected chi connectivity index (χ1v) is 7.48. The van der Waals surface area contributed by atoms with E-state index in [1.807, 2.05) is 13.0 Å². The van der Waals surface area contributed by atoms with Gasteiger partial charge in [-0.05, 0) is 49.3 Å². The topological polar surface area (TPSA) is 38.0 Å². The van der Waals surface area contributed by atoms with E-state index >= 15 is 0 Å². The van der Waals surface area contributed by atoms with Crippen LogP contribution in [0.3, 0.4) is 0 Å². The number of fused-ring (bicyclic) bond motifs is 1. The van der Waals surface area contributed by atoms with Gasteiger partial charge in [0.25, 0.3) is 0 Å². The number of benzene rings is 2. The Morgan fingerprint density at radius 2 is 1.95 bits per heavy atom. The van der Waals surface area contributed by atoms with Gasteiger partial charge in [-0.15, -0.1) is 0 Å². The summed E-state index contributed by atoms with van der Waals surface area (Å²) in [5.41, 5.74) is 7.36. The lowest BCUT2D eigenvalue weighted by Crippen LogP contribution is -2.36. The summed E-state index contributed by atoms with van der Waals surface area (Å²) in [6.07, 6.45) is 3.00. The fourth-order valence-corrected chi connectivity index (χ4v) is 3.39. The van der Waals surface area contributed by atoms with E-state index in [0.717, 1.165) is 24.8 Å². The zero-order valence-electron chi connectivity index (χ0n) is 12.3. The molecule has 21 heavy (non-hydrogen) atoms. The van der Waals surface area contributed by atoms with Gasteiger partial charge in [0.05, 0.1) is 6.04 Å². The van der Waals surface area contributed by atoms with E-state index in [0.29, 0.717) is 11.5 Å². The van der Waals surface area contributed by atoms with Crippen molar-refractivity contribution in [3.63, 3.8) is 0 Å². The van der Waals surface area contributed by atoms with Crippen LogP contribution in [0, 0.1) is 18.7 Å². The van der Waals surface area contributed by atoms with Crippen LogP contribution < -0.4 is 11.3 Å². The van der Waals surface area contributed by atoms with E-state index in [1.54, 1.807) is 6.07 Å². The van der Waals surface area contributed by atoms with Gasteiger partial charge in [-0.1, -0.05) is 42.0 Å². The van der Waals surface area contributed by atoms with Gasteiger partial charge in [0.2, 0.25) is 0 Å². The smallest absolute Gasteiger partial charge is 0.128 e. The normalized spacial score (nSPS) is 19.1. The molecule has 0 spiro atoms. The standard InChI is InChI=1S/C18H21FN2/c1-12-6-9-17(19)16(10-12)18(21-20)15-8-7-13-4-2-3-5-14(13)11-15/h2-6,9-10,15,18,21H,7-8,11,20H2,1H3. The first kappa shape index (κ1) is 14.2. The predicted octanol–water partition coefficient (Wildman–Crippen LogP) is 3.44. The highest BCUT2D eigenvalue weighted by Gasteiger charge is 2.28. The first-order chi connectivity index (χ1) is 10.2. The number of aryl methyl sites for hydroxylation is 2. The molecule has 1 aliphatic rings. The first-order valence-electron chi connectivity index (χ1n) is 7.48. The zero-order valence-corrected chi connectivity index (χ0v) is 12.3. The fourth-order valence-electron chi connectivity index (χ4n) is 3.39. The molecular formula is C18H21FN2. The van der Waals surface area contributed by atoms with E-state index in [1.165, 1.54) is 17.2 Å². The summed E-state index contributed by atoms with van der Waals surface area (Å²) in [5, 5.41) is 0. The van der Waals surface area contributed by atoms with Crippen LogP contribution in [0.5, 0.6) is 0 Å². The van der Waals surface area contributed by atoms with Gasteiger partial charge in [0.15, 0.2) is 0 Å². The Morgan fingerprint density at radius 3 is 2.71 bits per heavy atom. The van der Waals surface area contributed by atoms with Crippen molar-refractivity contribution < 1.29 is 4.39 Å². The van der Waals surface area contributed by atoms with Crippen molar-refractivity contribution in [3.8, 4) is 0 Å². The molecule has 0 fully saturated rings. The number of hydrogen-bond acceptors (Lipinski definition) is 2. The van der Waals surface area contributed by atoms with Crippen molar-refractivity contribution in [2.75, 3.05) is 0 Å². The molecule has 2 aromatic rings. The molecule has 0 aliphatic heterocycles. The molecule has 2 unspecified atom stereocenters. The largest absolute Gasteiger partial charge is 0.271 e. The van der Waals surface area contributed by atoms with E-state index in [-0.39, 0.29) is 11.9 Å². The van der Waals surface area contributed by atoms with Gasteiger partial charge >= 0.3 is 0 Å². The molecule has 0 radical (unpaired) electrons. The van der Waals surface area contributed by atoms with Crippen molar-refractivity contribution in [1.82, 2.24) is 5.43 Å². The van der Waals surface area contributed by atoms with E-state index in [9.17, 15) is 4.39 Å². The fraction of sp³-hybridized carbons (Fsp3) is 0.333. The summed E-state index contributed by atoms with van der Waals surface area (Å²) < 4.78 is 14.2. The van der Waals surface area contributed by atoms with Crippen molar-refractivity contribution in [2.45, 2.75) is 32.2 Å². The quantitative estimate of drug-likeness (QED) is 0.669. The SMILES string of the molecule is Cc1ccc(F)c(C(NN)C2CCc3ccccc3C2)c1. The van der Waals surface area contributed by atoms with Crippen LogP contribution >= 0.6 is 0 Å². The summed E-state index contributed by atoms with van der Waals surface area (Å²) >= 11 is 0. The monoisotopic (exact) mass is 284 g/mol. The molecule has 0 aromatic heterocycles. The Labute approximate surface area is 125 Å². The molecule has 0 amide bonds. The van der Waals surface area contributed by atoms with Crippen molar-refractivity contribution in [3.05, 3.63) is 70.5 Å². The molecule has 2 nitrogen and oxygen atoms in total. The maximum Gasteiger partial charge on any atom is 0.128 e. The minimum absolute atomic E-state index is 0.141. The highest BCUT2D eigenvalue weighted by molar-refractivity contribution is 5.32. The van der Waals surface area contributed by atoms with Gasteiger partial charge in [0.1, 0.15) is 5.82 Å². The molecule has 3 rings (SSSR count). The van der Waals surface area contributed by atoms with Gasteiger partial charge in [0, 0.05) is 5.56 Å². The molecule has 0 saturated carbocycles. The summed E-state index contributed by atoms with van der Waals surface area (Å²) in [5.74, 6) is 5.90. The number of rotatable bonds is 3. The Bertz CT molecular complexity index is 639. The number of hydrazine groups is 1. The Balaban J connectivity index is 1.90. The second kappa shape index (κ2) is 5.96. The van der Waals surface area contributed by atoms with Gasteiger partial charge in [-0.2, -0.15) is 0 Å². The third kappa shape index (κ3) is 2.85. The minimum atomic E-state index is -0.178. The molecule has 2 aromatic carbocycles. The molecule has 1 aliphatic carbocycles. The Kier molecular flexibility index (Phi) is 4.04. The van der Waals surface area contributed by atoms with E-state index < -0.39 is 0 Å². The number of hydrogen-bond donors (Lipinski definition) is 2. The van der Waals surface area contributed by atoms with Crippen molar-refractivity contribution in [2.24, 2.45) is 11.8 Å². The summed E-state index contributed by atoms with van der Waals surface area (Å²) in [7, 11) is 0. The Hall–Kier alpha value is -1.71. The molecule has 3 heteroatoms. The third-order valence-electron chi connectivity index (χ3n) is 4.52. The van der Waals surface area contributed by atoms with Crippen LogP contribution in [-0.4, -0.2) is 0 Å². The maximum atomic E-state index is 14.2. The molecule has 3 N–H and O–H groups in total. The Morgan fingerprint density at radius 1 is 1.19 bits per heavy atom. The molecule has 110 valence electrons. The second-order valence-corrected chi connectivity index (χ2v) is 5.94. The summed E-state index contributed by atoms with van der Waals surface area (Å²) in [6.45, 7) is 1.98. The number of halogens is 1.